The van der Waals surface area contributed by atoms with Gasteiger partial charge in [0, 0.05) is 30.8 Å². The number of ether oxygens (including phenoxy) is 1. The summed E-state index contributed by atoms with van der Waals surface area (Å²) in [6, 6.07) is 16.5. The van der Waals surface area contributed by atoms with Gasteiger partial charge >= 0.3 is 0 Å². The van der Waals surface area contributed by atoms with Crippen LogP contribution in [0.25, 0.3) is 10.9 Å². The minimum absolute atomic E-state index is 0.0599. The quantitative estimate of drug-likeness (QED) is 0.358. The molecule has 0 unspecified atom stereocenters. The van der Waals surface area contributed by atoms with Gasteiger partial charge in [0.25, 0.3) is 5.56 Å². The summed E-state index contributed by atoms with van der Waals surface area (Å²) in [5.41, 5.74) is 5.09. The highest BCUT2D eigenvalue weighted by Crippen LogP contribution is 2.31. The molecule has 0 spiro atoms. The Labute approximate surface area is 217 Å². The smallest absolute Gasteiger partial charge is 0.252 e. The molecule has 0 bridgehead atoms. The normalized spacial score (nSPS) is 16.8. The van der Waals surface area contributed by atoms with Gasteiger partial charge in [-0.3, -0.25) is 9.69 Å². The third-order valence-corrected chi connectivity index (χ3v) is 7.39. The highest BCUT2D eigenvalue weighted by atomic mass is 16.5. The van der Waals surface area contributed by atoms with Crippen molar-refractivity contribution in [2.24, 2.45) is 5.92 Å². The predicted molar refractivity (Wildman–Crippen MR) is 144 cm³/mol. The van der Waals surface area contributed by atoms with E-state index in [1.54, 1.807) is 0 Å². The first-order valence-corrected chi connectivity index (χ1v) is 13.2. The third-order valence-electron chi connectivity index (χ3n) is 7.39. The molecule has 2 atom stereocenters. The van der Waals surface area contributed by atoms with Gasteiger partial charge in [-0.25, -0.2) is 4.68 Å². The van der Waals surface area contributed by atoms with E-state index in [1.165, 1.54) is 16.7 Å². The number of rotatable bonds is 9. The lowest BCUT2D eigenvalue weighted by molar-refractivity contribution is 0.0851. The van der Waals surface area contributed by atoms with Crippen LogP contribution in [0, 0.1) is 19.8 Å². The summed E-state index contributed by atoms with van der Waals surface area (Å²) in [6.07, 6.45) is 2.22. The number of hydrogen-bond acceptors (Lipinski definition) is 6. The summed E-state index contributed by atoms with van der Waals surface area (Å²) in [6.45, 7) is 11.1. The fourth-order valence-corrected chi connectivity index (χ4v) is 5.35. The van der Waals surface area contributed by atoms with Crippen molar-refractivity contribution in [3.63, 3.8) is 0 Å². The Morgan fingerprint density at radius 3 is 2.62 bits per heavy atom. The molecule has 37 heavy (non-hydrogen) atoms. The maximum Gasteiger partial charge on any atom is 0.252 e. The lowest BCUT2D eigenvalue weighted by Gasteiger charge is -2.33. The number of tetrazole rings is 1. The number of aromatic amines is 1. The molecule has 1 N–H and O–H groups in total. The van der Waals surface area contributed by atoms with Crippen LogP contribution in [0.3, 0.4) is 0 Å². The van der Waals surface area contributed by atoms with Crippen molar-refractivity contribution < 1.29 is 4.74 Å². The molecule has 1 aliphatic rings. The lowest BCUT2D eigenvalue weighted by atomic mass is 9.99. The number of aryl methyl sites for hydroxylation is 2. The van der Waals surface area contributed by atoms with E-state index in [2.05, 4.69) is 71.3 Å². The zero-order valence-electron chi connectivity index (χ0n) is 22.1. The van der Waals surface area contributed by atoms with Gasteiger partial charge in [0.2, 0.25) is 0 Å². The first kappa shape index (κ1) is 25.3. The molecule has 0 radical (unpaired) electrons. The Bertz CT molecular complexity index is 1410. The standard InChI is InChI=1S/C29H36N6O2/c1-19(2)27(28-31-32-33-35(28)18-25-11-8-12-37-25)34(16-22-9-6-5-7-10-22)17-24-15-23-13-20(3)21(4)14-26(23)30-29(24)36/h5-7,9-10,13-15,19,25,27H,8,11-12,16-18H2,1-4H3,(H,30,36)/t25-,27-/m1/s1. The summed E-state index contributed by atoms with van der Waals surface area (Å²) in [7, 11) is 0. The monoisotopic (exact) mass is 500 g/mol. The van der Waals surface area contributed by atoms with Gasteiger partial charge < -0.3 is 9.72 Å². The van der Waals surface area contributed by atoms with Crippen molar-refractivity contribution in [2.75, 3.05) is 6.61 Å². The van der Waals surface area contributed by atoms with E-state index in [1.807, 2.05) is 35.0 Å². The molecule has 1 fully saturated rings. The van der Waals surface area contributed by atoms with Gasteiger partial charge in [-0.2, -0.15) is 0 Å². The van der Waals surface area contributed by atoms with Gasteiger partial charge in [-0.15, -0.1) is 5.10 Å². The fraction of sp³-hybridized carbons (Fsp3) is 0.448. The van der Waals surface area contributed by atoms with Crippen LogP contribution < -0.4 is 5.56 Å². The van der Waals surface area contributed by atoms with Gasteiger partial charge in [-0.1, -0.05) is 44.2 Å². The van der Waals surface area contributed by atoms with Crippen LogP contribution in [0.5, 0.6) is 0 Å². The first-order chi connectivity index (χ1) is 17.9. The first-order valence-electron chi connectivity index (χ1n) is 13.2. The van der Waals surface area contributed by atoms with Crippen molar-refractivity contribution in [2.45, 2.75) is 72.3 Å². The molecule has 1 saturated heterocycles. The maximum atomic E-state index is 13.2. The molecule has 0 saturated carbocycles. The molecular weight excluding hydrogens is 464 g/mol. The summed E-state index contributed by atoms with van der Waals surface area (Å²) >= 11 is 0. The Morgan fingerprint density at radius 1 is 1.11 bits per heavy atom. The van der Waals surface area contributed by atoms with Crippen molar-refractivity contribution in [3.8, 4) is 0 Å². The number of fused-ring (bicyclic) bond motifs is 1. The number of hydrogen-bond donors (Lipinski definition) is 1. The lowest BCUT2D eigenvalue weighted by Crippen LogP contribution is -2.36. The Kier molecular flexibility index (Phi) is 7.48. The Morgan fingerprint density at radius 2 is 1.89 bits per heavy atom. The van der Waals surface area contributed by atoms with Gasteiger partial charge in [0.15, 0.2) is 5.82 Å². The zero-order chi connectivity index (χ0) is 25.9. The summed E-state index contributed by atoms with van der Waals surface area (Å²) in [5, 5.41) is 13.9. The molecule has 0 aliphatic carbocycles. The highest BCUT2D eigenvalue weighted by Gasteiger charge is 2.31. The largest absolute Gasteiger partial charge is 0.376 e. The number of H-pyrrole nitrogens is 1. The molecule has 194 valence electrons. The van der Waals surface area contributed by atoms with Crippen molar-refractivity contribution in [3.05, 3.63) is 87.0 Å². The second kappa shape index (κ2) is 10.9. The van der Waals surface area contributed by atoms with Crippen LogP contribution in [0.15, 0.2) is 53.3 Å². The van der Waals surface area contributed by atoms with Crippen LogP contribution >= 0.6 is 0 Å². The van der Waals surface area contributed by atoms with Crippen LogP contribution in [-0.2, 0) is 24.4 Å². The Hall–Kier alpha value is -3.36. The molecule has 2 aromatic carbocycles. The van der Waals surface area contributed by atoms with Crippen LogP contribution in [-0.4, -0.2) is 42.8 Å². The average Bonchev–Trinajstić information content (AvgIpc) is 3.54. The molecule has 5 rings (SSSR count). The second-order valence-electron chi connectivity index (χ2n) is 10.6. The molecule has 8 heteroatoms. The number of nitrogens with zero attached hydrogens (tertiary/aromatic N) is 5. The van der Waals surface area contributed by atoms with Crippen molar-refractivity contribution in [1.82, 2.24) is 30.1 Å². The molecule has 4 aromatic rings. The van der Waals surface area contributed by atoms with Crippen LogP contribution in [0.1, 0.15) is 60.8 Å². The van der Waals surface area contributed by atoms with Crippen LogP contribution in [0.2, 0.25) is 0 Å². The van der Waals surface area contributed by atoms with E-state index in [0.29, 0.717) is 19.6 Å². The second-order valence-corrected chi connectivity index (χ2v) is 10.6. The van der Waals surface area contributed by atoms with Gasteiger partial charge in [-0.05, 0) is 83.3 Å². The molecule has 0 amide bonds. The molecule has 8 nitrogen and oxygen atoms in total. The fourth-order valence-electron chi connectivity index (χ4n) is 5.35. The minimum atomic E-state index is -0.0912. The summed E-state index contributed by atoms with van der Waals surface area (Å²) < 4.78 is 7.77. The van der Waals surface area contributed by atoms with E-state index in [4.69, 9.17) is 4.74 Å². The average molecular weight is 501 g/mol. The number of pyridine rings is 1. The van der Waals surface area contributed by atoms with Gasteiger partial charge in [0.1, 0.15) is 0 Å². The molecule has 3 heterocycles. The minimum Gasteiger partial charge on any atom is -0.376 e. The van der Waals surface area contributed by atoms with Crippen molar-refractivity contribution >= 4 is 10.9 Å². The van der Waals surface area contributed by atoms with Crippen molar-refractivity contribution in [1.29, 1.82) is 0 Å². The zero-order valence-corrected chi connectivity index (χ0v) is 22.1. The maximum absolute atomic E-state index is 13.2. The number of nitrogens with one attached hydrogen (secondary N) is 1. The predicted octanol–water partition coefficient (Wildman–Crippen LogP) is 4.71. The highest BCUT2D eigenvalue weighted by molar-refractivity contribution is 5.80. The number of benzene rings is 2. The molecule has 2 aromatic heterocycles. The third kappa shape index (κ3) is 5.65. The van der Waals surface area contributed by atoms with E-state index in [9.17, 15) is 4.79 Å². The molecule has 1 aliphatic heterocycles. The van der Waals surface area contributed by atoms with E-state index < -0.39 is 0 Å². The van der Waals surface area contributed by atoms with E-state index in [-0.39, 0.29) is 23.6 Å². The topological polar surface area (TPSA) is 88.9 Å². The SMILES string of the molecule is Cc1cc2cc(CN(Cc3ccccc3)[C@@H](c3nnnn3C[C@H]3CCCO3)C(C)C)c(=O)[nH]c2cc1C. The summed E-state index contributed by atoms with van der Waals surface area (Å²) in [5.74, 6) is 1.02. The van der Waals surface area contributed by atoms with Gasteiger partial charge in [0.05, 0.1) is 18.7 Å². The van der Waals surface area contributed by atoms with Crippen LogP contribution in [0.4, 0.5) is 0 Å². The van der Waals surface area contributed by atoms with E-state index >= 15 is 0 Å². The number of aromatic nitrogens is 5. The van der Waals surface area contributed by atoms with E-state index in [0.717, 1.165) is 41.7 Å². The summed E-state index contributed by atoms with van der Waals surface area (Å²) in [4.78, 5) is 18.7. The Balaban J connectivity index is 1.53. The molecular formula is C29H36N6O2.